The van der Waals surface area contributed by atoms with Gasteiger partial charge in [0.25, 0.3) is 0 Å². The third-order valence-corrected chi connectivity index (χ3v) is 3.89. The van der Waals surface area contributed by atoms with Crippen LogP contribution < -0.4 is 10.9 Å². The van der Waals surface area contributed by atoms with Crippen LogP contribution in [0.4, 0.5) is 10.1 Å². The summed E-state index contributed by atoms with van der Waals surface area (Å²) in [5, 5.41) is 1.13. The minimum atomic E-state index is -1.39. The molecular formula is C9H14FNSi. The number of rotatable bonds is 1. The van der Waals surface area contributed by atoms with Gasteiger partial charge in [0.15, 0.2) is 0 Å². The normalized spacial score (nSPS) is 11.7. The van der Waals surface area contributed by atoms with E-state index in [1.165, 1.54) is 12.1 Å². The van der Waals surface area contributed by atoms with Gasteiger partial charge >= 0.3 is 0 Å². The zero-order valence-corrected chi connectivity index (χ0v) is 8.69. The van der Waals surface area contributed by atoms with Gasteiger partial charge in [-0.1, -0.05) is 25.7 Å². The largest absolute Gasteiger partial charge is 0.399 e. The monoisotopic (exact) mass is 183 g/mol. The van der Waals surface area contributed by atoms with Gasteiger partial charge in [-0.2, -0.15) is 0 Å². The van der Waals surface area contributed by atoms with Crippen LogP contribution in [0.3, 0.4) is 0 Å². The predicted octanol–water partition coefficient (Wildman–Crippen LogP) is 1.95. The van der Waals surface area contributed by atoms with E-state index in [2.05, 4.69) is 19.6 Å². The van der Waals surface area contributed by atoms with Gasteiger partial charge in [-0.15, -0.1) is 0 Å². The van der Waals surface area contributed by atoms with Crippen molar-refractivity contribution in [1.29, 1.82) is 0 Å². The molecule has 0 heterocycles. The van der Waals surface area contributed by atoms with Crippen molar-refractivity contribution in [2.24, 2.45) is 0 Å². The molecule has 0 aliphatic heterocycles. The third-order valence-electron chi connectivity index (χ3n) is 1.82. The van der Waals surface area contributed by atoms with Crippen LogP contribution in [-0.2, 0) is 0 Å². The van der Waals surface area contributed by atoms with E-state index in [4.69, 9.17) is 5.73 Å². The second-order valence-electron chi connectivity index (χ2n) is 3.98. The Labute approximate surface area is 73.4 Å². The molecule has 1 rings (SSSR count). The topological polar surface area (TPSA) is 26.0 Å². The molecule has 0 saturated heterocycles. The molecular weight excluding hydrogens is 169 g/mol. The predicted molar refractivity (Wildman–Crippen MR) is 53.8 cm³/mol. The standard InChI is InChI=1S/C9H14FNSi/c1-12(2,3)9-5-4-7(10)6-8(9)11/h4-6H,11H2,1-3H3. The van der Waals surface area contributed by atoms with Gasteiger partial charge < -0.3 is 5.73 Å². The van der Waals surface area contributed by atoms with E-state index in [1.54, 1.807) is 6.07 Å². The lowest BCUT2D eigenvalue weighted by Gasteiger charge is -2.18. The van der Waals surface area contributed by atoms with Gasteiger partial charge in [-0.05, 0) is 17.3 Å². The number of benzene rings is 1. The lowest BCUT2D eigenvalue weighted by atomic mass is 10.3. The van der Waals surface area contributed by atoms with E-state index >= 15 is 0 Å². The summed E-state index contributed by atoms with van der Waals surface area (Å²) in [6, 6.07) is 4.68. The Morgan fingerprint density at radius 1 is 1.25 bits per heavy atom. The molecule has 1 aromatic carbocycles. The molecule has 1 nitrogen and oxygen atoms in total. The summed E-state index contributed by atoms with van der Waals surface area (Å²) in [7, 11) is -1.39. The maximum Gasteiger partial charge on any atom is 0.125 e. The highest BCUT2D eigenvalue weighted by Crippen LogP contribution is 2.10. The first-order chi connectivity index (χ1) is 5.41. The molecule has 66 valence electrons. The summed E-state index contributed by atoms with van der Waals surface area (Å²) in [6.45, 7) is 6.57. The minimum Gasteiger partial charge on any atom is -0.399 e. The van der Waals surface area contributed by atoms with Crippen molar-refractivity contribution >= 4 is 18.9 Å². The Balaban J connectivity index is 3.19. The van der Waals surface area contributed by atoms with Crippen molar-refractivity contribution in [2.45, 2.75) is 19.6 Å². The molecule has 0 aliphatic rings. The lowest BCUT2D eigenvalue weighted by molar-refractivity contribution is 0.629. The van der Waals surface area contributed by atoms with Crippen molar-refractivity contribution in [1.82, 2.24) is 0 Å². The van der Waals surface area contributed by atoms with E-state index < -0.39 is 8.07 Å². The summed E-state index contributed by atoms with van der Waals surface area (Å²) in [6.07, 6.45) is 0. The van der Waals surface area contributed by atoms with E-state index in [1.807, 2.05) is 0 Å². The van der Waals surface area contributed by atoms with Gasteiger partial charge in [0.2, 0.25) is 0 Å². The van der Waals surface area contributed by atoms with Crippen molar-refractivity contribution < 1.29 is 4.39 Å². The van der Waals surface area contributed by atoms with Crippen LogP contribution in [0, 0.1) is 5.82 Å². The second kappa shape index (κ2) is 2.90. The number of hydrogen-bond acceptors (Lipinski definition) is 1. The molecule has 0 unspecified atom stereocenters. The average molecular weight is 183 g/mol. The molecule has 3 heteroatoms. The molecule has 12 heavy (non-hydrogen) atoms. The Hall–Kier alpha value is -0.833. The Morgan fingerprint density at radius 3 is 2.25 bits per heavy atom. The quantitative estimate of drug-likeness (QED) is 0.522. The van der Waals surface area contributed by atoms with Crippen LogP contribution in [0.5, 0.6) is 0 Å². The number of anilines is 1. The number of halogens is 1. The van der Waals surface area contributed by atoms with E-state index in [9.17, 15) is 4.39 Å². The fraction of sp³-hybridized carbons (Fsp3) is 0.333. The average Bonchev–Trinajstić information content (AvgIpc) is 1.83. The van der Waals surface area contributed by atoms with Gasteiger partial charge in [-0.25, -0.2) is 4.39 Å². The summed E-state index contributed by atoms with van der Waals surface area (Å²) in [4.78, 5) is 0. The van der Waals surface area contributed by atoms with Crippen LogP contribution in [0.1, 0.15) is 0 Å². The SMILES string of the molecule is C[Si](C)(C)c1ccc(F)cc1N. The molecule has 2 N–H and O–H groups in total. The summed E-state index contributed by atoms with van der Waals surface area (Å²) < 4.78 is 12.7. The molecule has 0 aromatic heterocycles. The van der Waals surface area contributed by atoms with Gasteiger partial charge in [-0.3, -0.25) is 0 Å². The van der Waals surface area contributed by atoms with Crippen molar-refractivity contribution in [3.8, 4) is 0 Å². The number of nitrogens with two attached hydrogens (primary N) is 1. The van der Waals surface area contributed by atoms with Crippen molar-refractivity contribution in [3.05, 3.63) is 24.0 Å². The van der Waals surface area contributed by atoms with E-state index in [-0.39, 0.29) is 5.82 Å². The first-order valence-electron chi connectivity index (χ1n) is 3.97. The molecule has 0 spiro atoms. The summed E-state index contributed by atoms with van der Waals surface area (Å²) >= 11 is 0. The fourth-order valence-electron chi connectivity index (χ4n) is 1.22. The van der Waals surface area contributed by atoms with Crippen molar-refractivity contribution in [2.75, 3.05) is 5.73 Å². The maximum atomic E-state index is 12.7. The first-order valence-corrected chi connectivity index (χ1v) is 7.47. The van der Waals surface area contributed by atoms with Crippen LogP contribution in [0.2, 0.25) is 19.6 Å². The first kappa shape index (κ1) is 9.26. The molecule has 0 fully saturated rings. The van der Waals surface area contributed by atoms with Crippen LogP contribution >= 0.6 is 0 Å². The fourth-order valence-corrected chi connectivity index (χ4v) is 2.74. The maximum absolute atomic E-state index is 12.7. The van der Waals surface area contributed by atoms with E-state index in [0.717, 1.165) is 5.19 Å². The second-order valence-corrected chi connectivity index (χ2v) is 9.02. The van der Waals surface area contributed by atoms with Crippen LogP contribution in [0.15, 0.2) is 18.2 Å². The zero-order chi connectivity index (χ0) is 9.35. The molecule has 1 aromatic rings. The highest BCUT2D eigenvalue weighted by Gasteiger charge is 2.18. The Bertz CT molecular complexity index is 291. The van der Waals surface area contributed by atoms with Crippen LogP contribution in [-0.4, -0.2) is 8.07 Å². The smallest absolute Gasteiger partial charge is 0.125 e. The van der Waals surface area contributed by atoms with E-state index in [0.29, 0.717) is 5.69 Å². The lowest BCUT2D eigenvalue weighted by Crippen LogP contribution is -2.39. The third kappa shape index (κ3) is 1.85. The number of hydrogen-bond donors (Lipinski definition) is 1. The molecule has 0 saturated carbocycles. The molecule has 0 atom stereocenters. The molecule has 0 radical (unpaired) electrons. The van der Waals surface area contributed by atoms with Crippen LogP contribution in [0.25, 0.3) is 0 Å². The Kier molecular flexibility index (Phi) is 2.24. The minimum absolute atomic E-state index is 0.255. The van der Waals surface area contributed by atoms with Gasteiger partial charge in [0, 0.05) is 5.69 Å². The highest BCUT2D eigenvalue weighted by molar-refractivity contribution is 6.89. The van der Waals surface area contributed by atoms with Crippen molar-refractivity contribution in [3.63, 3.8) is 0 Å². The summed E-state index contributed by atoms with van der Waals surface area (Å²) in [5.74, 6) is -0.255. The molecule has 0 aliphatic carbocycles. The van der Waals surface area contributed by atoms with Gasteiger partial charge in [0.05, 0.1) is 8.07 Å². The Morgan fingerprint density at radius 2 is 1.83 bits per heavy atom. The molecule has 0 bridgehead atoms. The highest BCUT2D eigenvalue weighted by atomic mass is 28.3. The zero-order valence-electron chi connectivity index (χ0n) is 7.69. The number of nitrogen functional groups attached to an aromatic ring is 1. The van der Waals surface area contributed by atoms with Gasteiger partial charge in [0.1, 0.15) is 5.82 Å². The summed E-state index contributed by atoms with van der Waals surface area (Å²) in [5.41, 5.74) is 6.29. The molecule has 0 amide bonds.